The topological polar surface area (TPSA) is 55.3 Å². The number of carbonyl (C=O) groups is 1. The summed E-state index contributed by atoms with van der Waals surface area (Å²) in [5, 5.41) is 0. The average molecular weight is 285 g/mol. The Morgan fingerprint density at radius 3 is 2.71 bits per heavy atom. The van der Waals surface area contributed by atoms with Gasteiger partial charge in [0.1, 0.15) is 12.0 Å². The van der Waals surface area contributed by atoms with Gasteiger partial charge in [-0.2, -0.15) is 0 Å². The first kappa shape index (κ1) is 15.0. The van der Waals surface area contributed by atoms with E-state index in [0.29, 0.717) is 18.1 Å². The molecule has 0 aliphatic rings. The summed E-state index contributed by atoms with van der Waals surface area (Å²) in [6.07, 6.45) is 1.33. The maximum atomic E-state index is 12.4. The number of aryl methyl sites for hydroxylation is 2. The van der Waals surface area contributed by atoms with Crippen molar-refractivity contribution in [1.82, 2.24) is 14.9 Å². The number of nitrogens with zero attached hydrogens (tertiary/aromatic N) is 3. The fourth-order valence-electron chi connectivity index (χ4n) is 2.06. The molecule has 1 aromatic carbocycles. The highest BCUT2D eigenvalue weighted by molar-refractivity contribution is 5.92. The minimum absolute atomic E-state index is 0.156. The number of ether oxygens (including phenoxy) is 1. The van der Waals surface area contributed by atoms with Crippen LogP contribution >= 0.6 is 0 Å². The van der Waals surface area contributed by atoms with Crippen molar-refractivity contribution in [3.8, 4) is 5.88 Å². The molecule has 21 heavy (non-hydrogen) atoms. The second kappa shape index (κ2) is 6.35. The van der Waals surface area contributed by atoms with Gasteiger partial charge in [0, 0.05) is 19.7 Å². The van der Waals surface area contributed by atoms with Crippen LogP contribution < -0.4 is 4.74 Å². The number of hydrogen-bond donors (Lipinski definition) is 0. The molecule has 0 aliphatic carbocycles. The first-order chi connectivity index (χ1) is 10.0. The Morgan fingerprint density at radius 1 is 1.24 bits per heavy atom. The zero-order valence-electron chi connectivity index (χ0n) is 12.8. The lowest BCUT2D eigenvalue weighted by Gasteiger charge is -2.18. The summed E-state index contributed by atoms with van der Waals surface area (Å²) in [4.78, 5) is 21.9. The highest BCUT2D eigenvalue weighted by Crippen LogP contribution is 2.14. The van der Waals surface area contributed by atoms with Crippen molar-refractivity contribution in [3.05, 3.63) is 53.0 Å². The third-order valence-electron chi connectivity index (χ3n) is 3.33. The van der Waals surface area contributed by atoms with E-state index in [0.717, 1.165) is 5.56 Å². The quantitative estimate of drug-likeness (QED) is 0.865. The van der Waals surface area contributed by atoms with Crippen LogP contribution in [0.3, 0.4) is 0 Å². The number of benzene rings is 1. The van der Waals surface area contributed by atoms with E-state index in [4.69, 9.17) is 4.74 Å². The molecule has 0 radical (unpaired) electrons. The minimum Gasteiger partial charge on any atom is -0.481 e. The van der Waals surface area contributed by atoms with E-state index in [9.17, 15) is 4.79 Å². The molecule has 0 unspecified atom stereocenters. The average Bonchev–Trinajstić information content (AvgIpc) is 2.50. The van der Waals surface area contributed by atoms with Crippen molar-refractivity contribution < 1.29 is 9.53 Å². The van der Waals surface area contributed by atoms with E-state index in [2.05, 4.69) is 28.2 Å². The Balaban J connectivity index is 2.17. The fraction of sp³-hybridized carbons (Fsp3) is 0.312. The van der Waals surface area contributed by atoms with Gasteiger partial charge in [-0.3, -0.25) is 4.79 Å². The Kier molecular flexibility index (Phi) is 4.52. The largest absolute Gasteiger partial charge is 0.481 e. The van der Waals surface area contributed by atoms with Crippen molar-refractivity contribution in [1.29, 1.82) is 0 Å². The molecule has 1 heterocycles. The monoisotopic (exact) mass is 285 g/mol. The normalized spacial score (nSPS) is 10.3. The van der Waals surface area contributed by atoms with E-state index in [1.165, 1.54) is 24.6 Å². The van der Waals surface area contributed by atoms with Crippen LogP contribution in [-0.2, 0) is 6.54 Å². The third-order valence-corrected chi connectivity index (χ3v) is 3.33. The summed E-state index contributed by atoms with van der Waals surface area (Å²) in [6.45, 7) is 4.62. The number of aromatic nitrogens is 2. The Morgan fingerprint density at radius 2 is 2.00 bits per heavy atom. The van der Waals surface area contributed by atoms with Crippen LogP contribution in [0.25, 0.3) is 0 Å². The van der Waals surface area contributed by atoms with E-state index >= 15 is 0 Å². The molecule has 0 saturated heterocycles. The summed E-state index contributed by atoms with van der Waals surface area (Å²) in [5.74, 6) is 0.227. The first-order valence-corrected chi connectivity index (χ1v) is 6.69. The molecule has 5 heteroatoms. The second-order valence-corrected chi connectivity index (χ2v) is 5.04. The smallest absolute Gasteiger partial charge is 0.272 e. The molecule has 0 aliphatic heterocycles. The molecular weight excluding hydrogens is 266 g/mol. The van der Waals surface area contributed by atoms with Crippen molar-refractivity contribution in [2.24, 2.45) is 0 Å². The molecule has 0 saturated carbocycles. The number of amides is 1. The van der Waals surface area contributed by atoms with Gasteiger partial charge < -0.3 is 9.64 Å². The summed E-state index contributed by atoms with van der Waals surface area (Å²) < 4.78 is 5.02. The van der Waals surface area contributed by atoms with Gasteiger partial charge in [0.05, 0.1) is 7.11 Å². The lowest BCUT2D eigenvalue weighted by molar-refractivity contribution is 0.0778. The lowest BCUT2D eigenvalue weighted by atomic mass is 10.1. The van der Waals surface area contributed by atoms with Gasteiger partial charge in [-0.05, 0) is 25.0 Å². The van der Waals surface area contributed by atoms with Crippen LogP contribution in [0.1, 0.15) is 27.2 Å². The van der Waals surface area contributed by atoms with Crippen molar-refractivity contribution >= 4 is 5.91 Å². The van der Waals surface area contributed by atoms with Crippen LogP contribution in [0, 0.1) is 13.8 Å². The molecule has 2 aromatic rings. The van der Waals surface area contributed by atoms with E-state index in [1.54, 1.807) is 18.0 Å². The van der Waals surface area contributed by atoms with Gasteiger partial charge in [0.25, 0.3) is 5.91 Å². The van der Waals surface area contributed by atoms with Gasteiger partial charge in [-0.15, -0.1) is 0 Å². The summed E-state index contributed by atoms with van der Waals surface area (Å²) in [6, 6.07) is 7.77. The number of hydrogen-bond acceptors (Lipinski definition) is 4. The number of methoxy groups -OCH3 is 1. The Hall–Kier alpha value is -2.43. The summed E-state index contributed by atoms with van der Waals surface area (Å²) in [5.41, 5.74) is 3.81. The molecule has 5 nitrogen and oxygen atoms in total. The zero-order valence-corrected chi connectivity index (χ0v) is 12.8. The number of carbonyl (C=O) groups excluding carboxylic acids is 1. The predicted molar refractivity (Wildman–Crippen MR) is 80.3 cm³/mol. The molecule has 0 N–H and O–H groups in total. The van der Waals surface area contributed by atoms with Crippen LogP contribution in [0.15, 0.2) is 30.6 Å². The molecule has 0 fully saturated rings. The maximum absolute atomic E-state index is 12.4. The van der Waals surface area contributed by atoms with E-state index < -0.39 is 0 Å². The molecule has 1 amide bonds. The first-order valence-electron chi connectivity index (χ1n) is 6.69. The number of rotatable bonds is 4. The third kappa shape index (κ3) is 3.56. The highest BCUT2D eigenvalue weighted by atomic mass is 16.5. The molecule has 2 rings (SSSR count). The Bertz CT molecular complexity index is 656. The standard InChI is InChI=1S/C16H19N3O2/c1-11-5-6-12(2)13(7-11)9-19(3)16(20)14-8-15(21-4)18-10-17-14/h5-8,10H,9H2,1-4H3. The van der Waals surface area contributed by atoms with Crippen molar-refractivity contribution in [3.63, 3.8) is 0 Å². The van der Waals surface area contributed by atoms with E-state index in [1.807, 2.05) is 13.8 Å². The van der Waals surface area contributed by atoms with Crippen LogP contribution in [0.4, 0.5) is 0 Å². The maximum Gasteiger partial charge on any atom is 0.272 e. The van der Waals surface area contributed by atoms with Gasteiger partial charge in [-0.25, -0.2) is 9.97 Å². The molecule has 0 atom stereocenters. The minimum atomic E-state index is -0.156. The van der Waals surface area contributed by atoms with Crippen LogP contribution in [0.5, 0.6) is 5.88 Å². The van der Waals surface area contributed by atoms with Crippen LogP contribution in [0.2, 0.25) is 0 Å². The highest BCUT2D eigenvalue weighted by Gasteiger charge is 2.15. The van der Waals surface area contributed by atoms with Crippen molar-refractivity contribution in [2.45, 2.75) is 20.4 Å². The van der Waals surface area contributed by atoms with Gasteiger partial charge >= 0.3 is 0 Å². The molecular formula is C16H19N3O2. The Labute approximate surface area is 124 Å². The molecule has 0 bridgehead atoms. The van der Waals surface area contributed by atoms with Crippen LogP contribution in [-0.4, -0.2) is 34.9 Å². The van der Waals surface area contributed by atoms with E-state index in [-0.39, 0.29) is 5.91 Å². The van der Waals surface area contributed by atoms with Crippen molar-refractivity contribution in [2.75, 3.05) is 14.2 Å². The molecule has 0 spiro atoms. The molecule has 1 aromatic heterocycles. The lowest BCUT2D eigenvalue weighted by Crippen LogP contribution is -2.27. The van der Waals surface area contributed by atoms with Gasteiger partial charge in [-0.1, -0.05) is 23.8 Å². The second-order valence-electron chi connectivity index (χ2n) is 5.04. The summed E-state index contributed by atoms with van der Waals surface area (Å²) in [7, 11) is 3.27. The van der Waals surface area contributed by atoms with Gasteiger partial charge in [0.15, 0.2) is 0 Å². The predicted octanol–water partition coefficient (Wildman–Crippen LogP) is 2.37. The summed E-state index contributed by atoms with van der Waals surface area (Å²) >= 11 is 0. The molecule has 110 valence electrons. The van der Waals surface area contributed by atoms with Gasteiger partial charge in [0.2, 0.25) is 5.88 Å². The fourth-order valence-corrected chi connectivity index (χ4v) is 2.06. The zero-order chi connectivity index (χ0) is 15.4. The SMILES string of the molecule is COc1cc(C(=O)N(C)Cc2cc(C)ccc2C)ncn1.